The molecule has 3 N–H and O–H groups in total. The van der Waals surface area contributed by atoms with Crippen LogP contribution in [0.2, 0.25) is 0 Å². The van der Waals surface area contributed by atoms with Gasteiger partial charge < -0.3 is 10.8 Å². The second-order valence-electron chi connectivity index (χ2n) is 2.58. The van der Waals surface area contributed by atoms with E-state index in [4.69, 9.17) is 5.73 Å². The lowest BCUT2D eigenvalue weighted by Crippen LogP contribution is -2.27. The molecule has 0 amide bonds. The summed E-state index contributed by atoms with van der Waals surface area (Å²) in [5.41, 5.74) is 6.41. The molecule has 78 valence electrons. The van der Waals surface area contributed by atoms with Gasteiger partial charge in [-0.25, -0.2) is 0 Å². The van der Waals surface area contributed by atoms with Crippen molar-refractivity contribution >= 4 is 17.8 Å². The fourth-order valence-corrected chi connectivity index (χ4v) is 1.27. The number of hydrogen-bond donors (Lipinski definition) is 2. The molecule has 0 aliphatic carbocycles. The minimum absolute atomic E-state index is 0.278. The van der Waals surface area contributed by atoms with E-state index in [1.807, 2.05) is 39.8 Å². The summed E-state index contributed by atoms with van der Waals surface area (Å²) in [6.45, 7) is 7.78. The van der Waals surface area contributed by atoms with E-state index < -0.39 is 0 Å². The first-order valence-corrected chi connectivity index (χ1v) is 4.91. The molecule has 0 aromatic heterocycles. The second kappa shape index (κ2) is 6.08. The van der Waals surface area contributed by atoms with Crippen molar-refractivity contribution in [3.05, 3.63) is 22.6 Å². The number of nitrogen functional groups attached to an aromatic ring is 1. The summed E-state index contributed by atoms with van der Waals surface area (Å²) >= 11 is 0. The van der Waals surface area contributed by atoms with Crippen molar-refractivity contribution in [2.75, 3.05) is 5.73 Å². The van der Waals surface area contributed by atoms with E-state index in [9.17, 15) is 5.11 Å². The molecule has 0 spiro atoms. The van der Waals surface area contributed by atoms with E-state index >= 15 is 0 Å². The third-order valence-corrected chi connectivity index (χ3v) is 1.88. The first kappa shape index (κ1) is 12.6. The van der Waals surface area contributed by atoms with Crippen LogP contribution >= 0.6 is 0 Å². The third-order valence-electron chi connectivity index (χ3n) is 1.88. The zero-order valence-electron chi connectivity index (χ0n) is 9.33. The molecule has 1 aromatic rings. The van der Waals surface area contributed by atoms with Crippen molar-refractivity contribution < 1.29 is 5.11 Å². The maximum Gasteiger partial charge on any atom is 0.123 e. The molecule has 2 nitrogen and oxygen atoms in total. The van der Waals surface area contributed by atoms with E-state index in [1.165, 1.54) is 0 Å². The highest BCUT2D eigenvalue weighted by Crippen LogP contribution is 1.99. The number of aromatic hydroxyl groups is 1. The Labute approximate surface area is 85.4 Å². The SMILES string of the molecule is C/C=c1/c(N)ccc(O)/c1=C/C.CC. The predicted molar refractivity (Wildman–Crippen MR) is 63.4 cm³/mol. The van der Waals surface area contributed by atoms with Crippen molar-refractivity contribution in [2.45, 2.75) is 27.7 Å². The molecule has 1 rings (SSSR count). The minimum Gasteiger partial charge on any atom is -0.507 e. The summed E-state index contributed by atoms with van der Waals surface area (Å²) in [5.74, 6) is 0.278. The Morgan fingerprint density at radius 1 is 1.07 bits per heavy atom. The Bertz CT molecular complexity index is 355. The second-order valence-corrected chi connectivity index (χ2v) is 2.58. The molecule has 14 heavy (non-hydrogen) atoms. The summed E-state index contributed by atoms with van der Waals surface area (Å²) in [5, 5.41) is 11.1. The minimum atomic E-state index is 0.278. The van der Waals surface area contributed by atoms with E-state index in [-0.39, 0.29) is 5.75 Å². The van der Waals surface area contributed by atoms with Crippen molar-refractivity contribution in [2.24, 2.45) is 0 Å². The molecule has 0 radical (unpaired) electrons. The van der Waals surface area contributed by atoms with Crippen LogP contribution in [-0.4, -0.2) is 5.11 Å². The molecule has 0 fully saturated rings. The standard InChI is InChI=1S/C10H13NO.C2H6/c1-3-7-8(4-2)10(12)6-5-9(7)11;1-2/h3-6,12H,11H2,1-2H3;1-2H3/b7-3+,8-4+;. The van der Waals surface area contributed by atoms with Crippen molar-refractivity contribution in [1.29, 1.82) is 0 Å². The fourth-order valence-electron chi connectivity index (χ4n) is 1.27. The zero-order chi connectivity index (χ0) is 11.1. The molecule has 2 heteroatoms. The van der Waals surface area contributed by atoms with Gasteiger partial charge in [-0.2, -0.15) is 0 Å². The number of anilines is 1. The number of hydrogen-bond acceptors (Lipinski definition) is 2. The molecule has 0 bridgehead atoms. The lowest BCUT2D eigenvalue weighted by molar-refractivity contribution is 0.470. The quantitative estimate of drug-likeness (QED) is 0.485. The van der Waals surface area contributed by atoms with Crippen molar-refractivity contribution in [3.8, 4) is 5.75 Å². The van der Waals surface area contributed by atoms with Crippen molar-refractivity contribution in [3.63, 3.8) is 0 Å². The smallest absolute Gasteiger partial charge is 0.123 e. The largest absolute Gasteiger partial charge is 0.507 e. The summed E-state index contributed by atoms with van der Waals surface area (Å²) < 4.78 is 0. The van der Waals surface area contributed by atoms with Crippen LogP contribution in [0.3, 0.4) is 0 Å². The number of phenolic OH excluding ortho intramolecular Hbond substituents is 1. The molecule has 0 saturated heterocycles. The van der Waals surface area contributed by atoms with Gasteiger partial charge >= 0.3 is 0 Å². The Balaban J connectivity index is 0.000000791. The predicted octanol–water partition coefficient (Wildman–Crippen LogP) is 1.60. The lowest BCUT2D eigenvalue weighted by atomic mass is 10.2. The van der Waals surface area contributed by atoms with Gasteiger partial charge in [0.2, 0.25) is 0 Å². The normalized spacial score (nSPS) is 12.3. The molecule has 0 unspecified atom stereocenters. The molecule has 0 atom stereocenters. The van der Waals surface area contributed by atoms with Gasteiger partial charge in [0.1, 0.15) is 5.75 Å². The lowest BCUT2D eigenvalue weighted by Gasteiger charge is -1.98. The molecule has 0 heterocycles. The van der Waals surface area contributed by atoms with Crippen LogP contribution in [0.25, 0.3) is 12.2 Å². The van der Waals surface area contributed by atoms with Gasteiger partial charge in [0.25, 0.3) is 0 Å². The molecular weight excluding hydrogens is 174 g/mol. The fraction of sp³-hybridized carbons (Fsp3) is 0.333. The average molecular weight is 193 g/mol. The van der Waals surface area contributed by atoms with Gasteiger partial charge in [-0.3, -0.25) is 0 Å². The van der Waals surface area contributed by atoms with E-state index in [0.717, 1.165) is 10.4 Å². The molecule has 1 aromatic carbocycles. The Morgan fingerprint density at radius 3 is 1.93 bits per heavy atom. The first-order valence-electron chi connectivity index (χ1n) is 4.91. The first-order chi connectivity index (χ1) is 6.70. The molecule has 0 saturated carbocycles. The third kappa shape index (κ3) is 2.52. The summed E-state index contributed by atoms with van der Waals surface area (Å²) in [7, 11) is 0. The summed E-state index contributed by atoms with van der Waals surface area (Å²) in [4.78, 5) is 0. The number of benzene rings is 1. The van der Waals surface area contributed by atoms with Gasteiger partial charge in [-0.05, 0) is 26.0 Å². The average Bonchev–Trinajstić information content (AvgIpc) is 2.24. The molecule has 0 aliphatic heterocycles. The number of nitrogens with two attached hydrogens (primary N) is 1. The van der Waals surface area contributed by atoms with E-state index in [1.54, 1.807) is 12.1 Å². The number of rotatable bonds is 0. The van der Waals surface area contributed by atoms with Crippen LogP contribution < -0.4 is 16.2 Å². The van der Waals surface area contributed by atoms with E-state index in [0.29, 0.717) is 5.69 Å². The van der Waals surface area contributed by atoms with Crippen LogP contribution in [0.15, 0.2) is 12.1 Å². The van der Waals surface area contributed by atoms with Crippen LogP contribution in [0.1, 0.15) is 27.7 Å². The van der Waals surface area contributed by atoms with Crippen LogP contribution in [0, 0.1) is 0 Å². The molecular formula is C12H19NO. The Hall–Kier alpha value is -1.44. The monoisotopic (exact) mass is 193 g/mol. The summed E-state index contributed by atoms with van der Waals surface area (Å²) in [6, 6.07) is 3.31. The van der Waals surface area contributed by atoms with Crippen LogP contribution in [0.4, 0.5) is 5.69 Å². The Kier molecular flexibility index (Phi) is 5.46. The topological polar surface area (TPSA) is 46.2 Å². The number of phenols is 1. The highest BCUT2D eigenvalue weighted by atomic mass is 16.3. The Morgan fingerprint density at radius 2 is 1.57 bits per heavy atom. The maximum atomic E-state index is 9.44. The highest BCUT2D eigenvalue weighted by Gasteiger charge is 1.94. The van der Waals surface area contributed by atoms with Crippen LogP contribution in [-0.2, 0) is 0 Å². The van der Waals surface area contributed by atoms with Gasteiger partial charge in [-0.15, -0.1) is 0 Å². The van der Waals surface area contributed by atoms with Crippen LogP contribution in [0.5, 0.6) is 5.75 Å². The van der Waals surface area contributed by atoms with Gasteiger partial charge in [-0.1, -0.05) is 26.0 Å². The van der Waals surface area contributed by atoms with Gasteiger partial charge in [0.15, 0.2) is 0 Å². The van der Waals surface area contributed by atoms with Crippen molar-refractivity contribution in [1.82, 2.24) is 0 Å². The van der Waals surface area contributed by atoms with Gasteiger partial charge in [0, 0.05) is 16.1 Å². The zero-order valence-corrected chi connectivity index (χ0v) is 9.33. The maximum absolute atomic E-state index is 9.44. The highest BCUT2D eigenvalue weighted by molar-refractivity contribution is 5.50. The summed E-state index contributed by atoms with van der Waals surface area (Å²) in [6.07, 6.45) is 3.74. The van der Waals surface area contributed by atoms with E-state index in [2.05, 4.69) is 0 Å². The van der Waals surface area contributed by atoms with Gasteiger partial charge in [0.05, 0.1) is 0 Å². The molecule has 0 aliphatic rings.